The number of carbonyl (C=O) groups is 1. The lowest BCUT2D eigenvalue weighted by molar-refractivity contribution is 0.0738. The van der Waals surface area contributed by atoms with Crippen LogP contribution in [-0.4, -0.2) is 41.2 Å². The summed E-state index contributed by atoms with van der Waals surface area (Å²) in [6, 6.07) is 3.98. The molecule has 4 rings (SSSR count). The summed E-state index contributed by atoms with van der Waals surface area (Å²) in [5.41, 5.74) is 3.24. The second-order valence-corrected chi connectivity index (χ2v) is 6.93. The maximum absolute atomic E-state index is 12.8. The Balaban J connectivity index is 1.56. The highest BCUT2D eigenvalue weighted by Gasteiger charge is 2.26. The second-order valence-electron chi connectivity index (χ2n) is 5.79. The van der Waals surface area contributed by atoms with E-state index < -0.39 is 0 Å². The lowest BCUT2D eigenvalue weighted by Crippen LogP contribution is -2.36. The number of ether oxygens (including phenoxy) is 1. The van der Waals surface area contributed by atoms with Gasteiger partial charge < -0.3 is 15.0 Å². The van der Waals surface area contributed by atoms with Crippen LogP contribution in [0.5, 0.6) is 0 Å². The highest BCUT2D eigenvalue weighted by Crippen LogP contribution is 2.29. The van der Waals surface area contributed by atoms with Gasteiger partial charge in [-0.05, 0) is 23.3 Å². The van der Waals surface area contributed by atoms with Crippen molar-refractivity contribution in [3.8, 4) is 0 Å². The van der Waals surface area contributed by atoms with Gasteiger partial charge in [-0.1, -0.05) is 0 Å². The van der Waals surface area contributed by atoms with Gasteiger partial charge in [0.05, 0.1) is 23.8 Å². The number of fused-ring (bicyclic) bond motifs is 2. The summed E-state index contributed by atoms with van der Waals surface area (Å²) in [5.74, 6) is 0.847. The summed E-state index contributed by atoms with van der Waals surface area (Å²) in [6.07, 6.45) is 1.67. The van der Waals surface area contributed by atoms with Crippen molar-refractivity contribution in [1.29, 1.82) is 0 Å². The standard InChI is InChI=1S/C16H18N4O2S/c1-17-15-7-10-8-20(4-2-12(10)18-19-15)16(21)14-6-11-9-22-5-3-13(11)23-14/h6-7H,2-5,8-9H2,1H3,(H,17,19). The zero-order valence-electron chi connectivity index (χ0n) is 13.0. The van der Waals surface area contributed by atoms with Gasteiger partial charge in [0.15, 0.2) is 0 Å². The first kappa shape index (κ1) is 14.6. The van der Waals surface area contributed by atoms with Crippen LogP contribution in [0.4, 0.5) is 5.82 Å². The SMILES string of the molecule is CNc1cc2c(nn1)CCN(C(=O)c1cc3c(s1)CCOC3)C2. The Hall–Kier alpha value is -1.99. The monoisotopic (exact) mass is 330 g/mol. The number of amides is 1. The first-order valence-corrected chi connectivity index (χ1v) is 8.58. The second kappa shape index (κ2) is 5.90. The summed E-state index contributed by atoms with van der Waals surface area (Å²) in [7, 11) is 1.82. The number of nitrogens with zero attached hydrogens (tertiary/aromatic N) is 3. The van der Waals surface area contributed by atoms with Crippen LogP contribution in [-0.2, 0) is 30.7 Å². The van der Waals surface area contributed by atoms with Crippen molar-refractivity contribution in [3.63, 3.8) is 0 Å². The third kappa shape index (κ3) is 2.70. The van der Waals surface area contributed by atoms with Gasteiger partial charge in [-0.15, -0.1) is 16.4 Å². The van der Waals surface area contributed by atoms with Crippen LogP contribution in [0.2, 0.25) is 0 Å². The van der Waals surface area contributed by atoms with Crippen LogP contribution in [0, 0.1) is 0 Å². The van der Waals surface area contributed by atoms with Crippen LogP contribution < -0.4 is 5.32 Å². The number of rotatable bonds is 2. The molecule has 0 spiro atoms. The normalized spacial score (nSPS) is 16.7. The van der Waals surface area contributed by atoms with Crippen molar-refractivity contribution >= 4 is 23.1 Å². The molecule has 0 atom stereocenters. The Morgan fingerprint density at radius 1 is 1.30 bits per heavy atom. The Morgan fingerprint density at radius 3 is 3.04 bits per heavy atom. The van der Waals surface area contributed by atoms with Gasteiger partial charge >= 0.3 is 0 Å². The van der Waals surface area contributed by atoms with Crippen molar-refractivity contribution in [2.24, 2.45) is 0 Å². The minimum atomic E-state index is 0.109. The van der Waals surface area contributed by atoms with E-state index in [1.165, 1.54) is 10.4 Å². The average Bonchev–Trinajstić information content (AvgIpc) is 3.04. The van der Waals surface area contributed by atoms with Crippen molar-refractivity contribution in [2.75, 3.05) is 25.5 Å². The maximum atomic E-state index is 12.8. The number of aromatic nitrogens is 2. The first-order valence-electron chi connectivity index (χ1n) is 7.76. The molecule has 2 aliphatic rings. The van der Waals surface area contributed by atoms with Crippen LogP contribution >= 0.6 is 11.3 Å². The van der Waals surface area contributed by atoms with Gasteiger partial charge in [-0.3, -0.25) is 4.79 Å². The smallest absolute Gasteiger partial charge is 0.264 e. The zero-order valence-corrected chi connectivity index (χ0v) is 13.8. The van der Waals surface area contributed by atoms with Gasteiger partial charge in [-0.25, -0.2) is 0 Å². The van der Waals surface area contributed by atoms with E-state index in [0.717, 1.165) is 41.4 Å². The molecule has 0 saturated carbocycles. The van der Waals surface area contributed by atoms with E-state index in [4.69, 9.17) is 4.74 Å². The summed E-state index contributed by atoms with van der Waals surface area (Å²) in [6.45, 7) is 2.67. The Kier molecular flexibility index (Phi) is 3.74. The molecule has 2 aliphatic heterocycles. The zero-order chi connectivity index (χ0) is 15.8. The number of thiophene rings is 1. The van der Waals surface area contributed by atoms with Gasteiger partial charge in [0.25, 0.3) is 5.91 Å². The molecule has 0 radical (unpaired) electrons. The molecule has 1 amide bonds. The average molecular weight is 330 g/mol. The van der Waals surface area contributed by atoms with Gasteiger partial charge in [0.1, 0.15) is 5.82 Å². The number of anilines is 1. The highest BCUT2D eigenvalue weighted by atomic mass is 32.1. The van der Waals surface area contributed by atoms with Gasteiger partial charge in [0.2, 0.25) is 0 Å². The van der Waals surface area contributed by atoms with Crippen LogP contribution in [0.3, 0.4) is 0 Å². The molecule has 23 heavy (non-hydrogen) atoms. The molecule has 0 bridgehead atoms. The minimum absolute atomic E-state index is 0.109. The fraction of sp³-hybridized carbons (Fsp3) is 0.438. The number of hydrogen-bond donors (Lipinski definition) is 1. The maximum Gasteiger partial charge on any atom is 0.264 e. The molecule has 2 aromatic heterocycles. The topological polar surface area (TPSA) is 67.4 Å². The largest absolute Gasteiger partial charge is 0.376 e. The molecule has 0 aliphatic carbocycles. The van der Waals surface area contributed by atoms with Crippen molar-refractivity contribution in [2.45, 2.75) is 26.0 Å². The summed E-state index contributed by atoms with van der Waals surface area (Å²) >= 11 is 1.61. The molecule has 6 nitrogen and oxygen atoms in total. The summed E-state index contributed by atoms with van der Waals surface area (Å²) < 4.78 is 5.47. The fourth-order valence-electron chi connectivity index (χ4n) is 3.03. The minimum Gasteiger partial charge on any atom is -0.376 e. The molecule has 0 fully saturated rings. The van der Waals surface area contributed by atoms with E-state index in [-0.39, 0.29) is 5.91 Å². The lowest BCUT2D eigenvalue weighted by Gasteiger charge is -2.27. The molecular formula is C16H18N4O2S. The summed E-state index contributed by atoms with van der Waals surface area (Å²) in [5, 5.41) is 11.3. The number of nitrogens with one attached hydrogen (secondary N) is 1. The third-order valence-electron chi connectivity index (χ3n) is 4.32. The van der Waals surface area contributed by atoms with Crippen molar-refractivity contribution in [3.05, 3.63) is 38.7 Å². The van der Waals surface area contributed by atoms with Crippen LogP contribution in [0.25, 0.3) is 0 Å². The third-order valence-corrected chi connectivity index (χ3v) is 5.55. The molecule has 0 saturated heterocycles. The van der Waals surface area contributed by atoms with Gasteiger partial charge in [0, 0.05) is 37.9 Å². The Morgan fingerprint density at radius 2 is 2.22 bits per heavy atom. The van der Waals surface area contributed by atoms with E-state index >= 15 is 0 Å². The Labute approximate surface area is 138 Å². The van der Waals surface area contributed by atoms with E-state index in [9.17, 15) is 4.79 Å². The summed E-state index contributed by atoms with van der Waals surface area (Å²) in [4.78, 5) is 16.8. The highest BCUT2D eigenvalue weighted by molar-refractivity contribution is 7.14. The number of carbonyl (C=O) groups excluding carboxylic acids is 1. The molecule has 0 aromatic carbocycles. The Bertz CT molecular complexity index is 735. The number of hydrogen-bond acceptors (Lipinski definition) is 6. The van der Waals surface area contributed by atoms with E-state index in [1.54, 1.807) is 11.3 Å². The molecule has 4 heterocycles. The van der Waals surface area contributed by atoms with Crippen LogP contribution in [0.15, 0.2) is 12.1 Å². The fourth-order valence-corrected chi connectivity index (χ4v) is 4.15. The quantitative estimate of drug-likeness (QED) is 0.910. The van der Waals surface area contributed by atoms with Gasteiger partial charge in [-0.2, -0.15) is 5.10 Å². The van der Waals surface area contributed by atoms with E-state index in [1.807, 2.05) is 24.1 Å². The first-order chi connectivity index (χ1) is 11.2. The van der Waals surface area contributed by atoms with Crippen LogP contribution in [0.1, 0.15) is 31.4 Å². The molecule has 1 N–H and O–H groups in total. The van der Waals surface area contributed by atoms with E-state index in [0.29, 0.717) is 19.7 Å². The predicted molar refractivity (Wildman–Crippen MR) is 87.7 cm³/mol. The molecule has 0 unspecified atom stereocenters. The lowest BCUT2D eigenvalue weighted by atomic mass is 10.1. The van der Waals surface area contributed by atoms with E-state index in [2.05, 4.69) is 15.5 Å². The molecule has 2 aromatic rings. The predicted octanol–water partition coefficient (Wildman–Crippen LogP) is 1.85. The molecule has 120 valence electrons. The van der Waals surface area contributed by atoms with Crippen molar-refractivity contribution in [1.82, 2.24) is 15.1 Å². The molecular weight excluding hydrogens is 312 g/mol. The molecule has 7 heteroatoms. The van der Waals surface area contributed by atoms with Crippen molar-refractivity contribution < 1.29 is 9.53 Å².